The van der Waals surface area contributed by atoms with E-state index in [1.807, 2.05) is 48.8 Å². The average Bonchev–Trinajstić information content (AvgIpc) is 3.37. The van der Waals surface area contributed by atoms with E-state index in [1.54, 1.807) is 4.57 Å². The van der Waals surface area contributed by atoms with E-state index in [0.29, 0.717) is 17.5 Å². The molecule has 5 heteroatoms. The fraction of sp³-hybridized carbons (Fsp3) is 0.333. The van der Waals surface area contributed by atoms with Crippen LogP contribution in [0, 0.1) is 0 Å². The summed E-state index contributed by atoms with van der Waals surface area (Å²) in [6, 6.07) is 10.3. The summed E-state index contributed by atoms with van der Waals surface area (Å²) in [4.78, 5) is 8.80. The largest absolute Gasteiger partial charge is 0.494 e. The fourth-order valence-corrected chi connectivity index (χ4v) is 2.09. The van der Waals surface area contributed by atoms with Crippen LogP contribution in [0.1, 0.15) is 33.2 Å². The van der Waals surface area contributed by atoms with E-state index < -0.39 is 0 Å². The molecule has 0 amide bonds. The van der Waals surface area contributed by atoms with Gasteiger partial charge >= 0.3 is 0 Å². The Balaban J connectivity index is 0.00000208. The van der Waals surface area contributed by atoms with Crippen molar-refractivity contribution in [3.8, 4) is 5.75 Å². The Kier molecular flexibility index (Phi) is 4.76. The van der Waals surface area contributed by atoms with Crippen LogP contribution >= 0.6 is 0 Å². The lowest BCUT2D eigenvalue weighted by Gasteiger charge is -2.05. The van der Waals surface area contributed by atoms with Crippen molar-refractivity contribution in [3.05, 3.63) is 47.6 Å². The molecule has 122 valence electrons. The second kappa shape index (κ2) is 7.13. The minimum Gasteiger partial charge on any atom is -0.494 e. The standard InChI is InChI=1S/C18H22N4O.H2/c1-2-13-23-16-7-3-14(4-8-16)9-11-22-12-10-17(21-18(22)19)20-15-5-6-15;/h3-4,7-12,15H,2,5-6,13H2,1H3,(H2,19,20,21);1H/b11-9+;. The van der Waals surface area contributed by atoms with Gasteiger partial charge in [0.1, 0.15) is 5.75 Å². The van der Waals surface area contributed by atoms with Crippen LogP contribution in [0.5, 0.6) is 5.75 Å². The summed E-state index contributed by atoms with van der Waals surface area (Å²) < 4.78 is 7.36. The first kappa shape index (κ1) is 15.3. The molecule has 1 saturated carbocycles. The van der Waals surface area contributed by atoms with Crippen molar-refractivity contribution < 1.29 is 6.16 Å². The van der Waals surface area contributed by atoms with Crippen LogP contribution < -0.4 is 16.0 Å². The van der Waals surface area contributed by atoms with Crippen molar-refractivity contribution in [2.75, 3.05) is 12.3 Å². The summed E-state index contributed by atoms with van der Waals surface area (Å²) in [6.45, 7) is 2.83. The Morgan fingerprint density at radius 3 is 2.78 bits per heavy atom. The summed E-state index contributed by atoms with van der Waals surface area (Å²) >= 11 is 0. The first-order chi connectivity index (χ1) is 11.2. The summed E-state index contributed by atoms with van der Waals surface area (Å²) in [5.74, 6) is 1.33. The third-order valence-electron chi connectivity index (χ3n) is 3.52. The molecule has 0 radical (unpaired) electrons. The maximum Gasteiger partial charge on any atom is 0.206 e. The lowest BCUT2D eigenvalue weighted by Crippen LogP contribution is -2.15. The summed E-state index contributed by atoms with van der Waals surface area (Å²) in [6.07, 6.45) is 9.10. The zero-order chi connectivity index (χ0) is 16.1. The smallest absolute Gasteiger partial charge is 0.206 e. The number of nitrogens with two attached hydrogens (primary N) is 1. The van der Waals surface area contributed by atoms with Gasteiger partial charge in [-0.2, -0.15) is 4.98 Å². The number of hydrogen-bond donors (Lipinski definition) is 1. The van der Waals surface area contributed by atoms with Crippen molar-refractivity contribution in [1.29, 1.82) is 0 Å². The molecule has 2 aromatic rings. The summed E-state index contributed by atoms with van der Waals surface area (Å²) in [5, 5.41) is 0. The maximum absolute atomic E-state index is 5.98. The van der Waals surface area contributed by atoms with Gasteiger partial charge < -0.3 is 10.5 Å². The van der Waals surface area contributed by atoms with Gasteiger partial charge in [0, 0.05) is 13.8 Å². The molecule has 1 aliphatic carbocycles. The van der Waals surface area contributed by atoms with Gasteiger partial charge in [-0.1, -0.05) is 19.1 Å². The highest BCUT2D eigenvalue weighted by atomic mass is 16.5. The van der Waals surface area contributed by atoms with E-state index in [9.17, 15) is 0 Å². The van der Waals surface area contributed by atoms with Gasteiger partial charge in [0.2, 0.25) is 5.95 Å². The number of nitrogens with zero attached hydrogens (tertiary/aromatic N) is 3. The molecule has 0 spiro atoms. The van der Waals surface area contributed by atoms with E-state index in [4.69, 9.17) is 10.5 Å². The predicted octanol–water partition coefficient (Wildman–Crippen LogP) is 3.19. The summed E-state index contributed by atoms with van der Waals surface area (Å²) in [7, 11) is 0. The van der Waals surface area contributed by atoms with Crippen LogP contribution in [0.3, 0.4) is 0 Å². The Labute approximate surface area is 137 Å². The molecule has 23 heavy (non-hydrogen) atoms. The van der Waals surface area contributed by atoms with Crippen LogP contribution in [0.25, 0.3) is 12.3 Å². The third kappa shape index (κ3) is 4.45. The first-order valence-electron chi connectivity index (χ1n) is 8.04. The number of nitrogen functional groups attached to an aromatic ring is 1. The van der Waals surface area contributed by atoms with Crippen LogP contribution in [-0.4, -0.2) is 22.2 Å². The van der Waals surface area contributed by atoms with Crippen LogP contribution in [0.15, 0.2) is 41.5 Å². The highest BCUT2D eigenvalue weighted by Gasteiger charge is 2.19. The lowest BCUT2D eigenvalue weighted by atomic mass is 10.2. The molecule has 0 aliphatic heterocycles. The second-order valence-corrected chi connectivity index (χ2v) is 5.64. The molecule has 0 unspecified atom stereocenters. The van der Waals surface area contributed by atoms with E-state index in [-0.39, 0.29) is 1.43 Å². The zero-order valence-electron chi connectivity index (χ0n) is 13.4. The number of aromatic nitrogens is 2. The van der Waals surface area contributed by atoms with Crippen molar-refractivity contribution in [1.82, 2.24) is 9.55 Å². The SMILES string of the molecule is CCCOc1ccc(/C=C/n2ccc(=NC3CC3)nc2N)cc1.[HH]. The molecule has 5 nitrogen and oxygen atoms in total. The normalized spacial score (nSPS) is 15.3. The molecular weight excluding hydrogens is 288 g/mol. The molecule has 2 N–H and O–H groups in total. The Bertz CT molecular complexity index is 748. The van der Waals surface area contributed by atoms with Gasteiger partial charge in [0.15, 0.2) is 5.49 Å². The molecule has 3 rings (SSSR count). The van der Waals surface area contributed by atoms with E-state index in [2.05, 4.69) is 16.9 Å². The van der Waals surface area contributed by atoms with Crippen molar-refractivity contribution in [2.45, 2.75) is 32.2 Å². The van der Waals surface area contributed by atoms with E-state index >= 15 is 0 Å². The fourth-order valence-electron chi connectivity index (χ4n) is 2.09. The number of rotatable bonds is 6. The Morgan fingerprint density at radius 2 is 2.13 bits per heavy atom. The molecule has 1 aromatic carbocycles. The summed E-state index contributed by atoms with van der Waals surface area (Å²) in [5.41, 5.74) is 7.77. The molecule has 1 heterocycles. The number of anilines is 1. The minimum absolute atomic E-state index is 0. The van der Waals surface area contributed by atoms with Crippen molar-refractivity contribution in [2.24, 2.45) is 4.99 Å². The maximum atomic E-state index is 5.98. The minimum atomic E-state index is 0. The zero-order valence-corrected chi connectivity index (χ0v) is 13.4. The molecular formula is C18H24N4O. The van der Waals surface area contributed by atoms with Crippen LogP contribution in [0.4, 0.5) is 5.95 Å². The van der Waals surface area contributed by atoms with Gasteiger partial charge in [-0.05, 0) is 49.1 Å². The Morgan fingerprint density at radius 1 is 1.35 bits per heavy atom. The predicted molar refractivity (Wildman–Crippen MR) is 94.8 cm³/mol. The monoisotopic (exact) mass is 312 g/mol. The van der Waals surface area contributed by atoms with E-state index in [1.165, 1.54) is 0 Å². The number of benzene rings is 1. The molecule has 1 aliphatic rings. The number of ether oxygens (including phenoxy) is 1. The highest BCUT2D eigenvalue weighted by Crippen LogP contribution is 2.22. The Hall–Kier alpha value is -2.56. The molecule has 1 aromatic heterocycles. The lowest BCUT2D eigenvalue weighted by molar-refractivity contribution is 0.317. The molecule has 0 saturated heterocycles. The quantitative estimate of drug-likeness (QED) is 0.891. The van der Waals surface area contributed by atoms with Crippen LogP contribution in [-0.2, 0) is 0 Å². The van der Waals surface area contributed by atoms with Gasteiger partial charge in [0.25, 0.3) is 0 Å². The number of hydrogen-bond acceptors (Lipinski definition) is 4. The molecule has 0 bridgehead atoms. The second-order valence-electron chi connectivity index (χ2n) is 5.64. The first-order valence-corrected chi connectivity index (χ1v) is 8.04. The van der Waals surface area contributed by atoms with Crippen LogP contribution in [0.2, 0.25) is 0 Å². The molecule has 1 fully saturated rings. The topological polar surface area (TPSA) is 65.4 Å². The third-order valence-corrected chi connectivity index (χ3v) is 3.52. The highest BCUT2D eigenvalue weighted by molar-refractivity contribution is 5.62. The van der Waals surface area contributed by atoms with E-state index in [0.717, 1.165) is 37.2 Å². The molecule has 0 atom stereocenters. The van der Waals surface area contributed by atoms with Gasteiger partial charge in [0.05, 0.1) is 12.6 Å². The van der Waals surface area contributed by atoms with Crippen molar-refractivity contribution in [3.63, 3.8) is 0 Å². The van der Waals surface area contributed by atoms with Gasteiger partial charge in [-0.15, -0.1) is 0 Å². The average molecular weight is 312 g/mol. The van der Waals surface area contributed by atoms with Crippen molar-refractivity contribution >= 4 is 18.2 Å². The van der Waals surface area contributed by atoms with Gasteiger partial charge in [-0.3, -0.25) is 9.56 Å². The van der Waals surface area contributed by atoms with Gasteiger partial charge in [-0.25, -0.2) is 0 Å².